The maximum absolute atomic E-state index is 12.7. The van der Waals surface area contributed by atoms with Crippen LogP contribution in [0.15, 0.2) is 47.4 Å². The van der Waals surface area contributed by atoms with Gasteiger partial charge >= 0.3 is 0 Å². The topological polar surface area (TPSA) is 39.8 Å². The van der Waals surface area contributed by atoms with Crippen LogP contribution in [0.3, 0.4) is 0 Å². The van der Waals surface area contributed by atoms with Gasteiger partial charge in [-0.3, -0.25) is 4.79 Å². The molecule has 2 heterocycles. The van der Waals surface area contributed by atoms with Crippen LogP contribution in [0.4, 0.5) is 0 Å². The number of hydrogen-bond donors (Lipinski definition) is 0. The van der Waals surface area contributed by atoms with Gasteiger partial charge in [-0.15, -0.1) is 0 Å². The Morgan fingerprint density at radius 1 is 1.10 bits per heavy atom. The zero-order valence-electron chi connectivity index (χ0n) is 12.2. The third kappa shape index (κ3) is 2.25. The SMILES string of the molecule is CC(C)(C)n1c(=O)c2cccnc2n1-c1ccc(Cl)cc1. The molecule has 0 radical (unpaired) electrons. The zero-order chi connectivity index (χ0) is 15.2. The van der Waals surface area contributed by atoms with Crippen molar-refractivity contribution < 1.29 is 0 Å². The molecule has 1 aromatic carbocycles. The van der Waals surface area contributed by atoms with E-state index in [1.165, 1.54) is 0 Å². The summed E-state index contributed by atoms with van der Waals surface area (Å²) in [6, 6.07) is 11.0. The van der Waals surface area contributed by atoms with Crippen LogP contribution in [0.5, 0.6) is 0 Å². The second-order valence-electron chi connectivity index (χ2n) is 5.95. The highest BCUT2D eigenvalue weighted by atomic mass is 35.5. The van der Waals surface area contributed by atoms with E-state index in [9.17, 15) is 4.79 Å². The molecule has 0 bridgehead atoms. The molecule has 5 heteroatoms. The van der Waals surface area contributed by atoms with E-state index >= 15 is 0 Å². The van der Waals surface area contributed by atoms with Gasteiger partial charge in [0.05, 0.1) is 16.6 Å². The third-order valence-corrected chi connectivity index (χ3v) is 3.57. The van der Waals surface area contributed by atoms with Crippen molar-refractivity contribution in [1.82, 2.24) is 14.3 Å². The molecule has 0 unspecified atom stereocenters. The molecule has 108 valence electrons. The second-order valence-corrected chi connectivity index (χ2v) is 6.39. The first-order valence-corrected chi connectivity index (χ1v) is 7.12. The summed E-state index contributed by atoms with van der Waals surface area (Å²) < 4.78 is 3.59. The zero-order valence-corrected chi connectivity index (χ0v) is 12.9. The van der Waals surface area contributed by atoms with Crippen molar-refractivity contribution in [3.8, 4) is 5.69 Å². The minimum atomic E-state index is -0.364. The van der Waals surface area contributed by atoms with E-state index in [0.29, 0.717) is 16.1 Å². The Morgan fingerprint density at radius 2 is 1.76 bits per heavy atom. The van der Waals surface area contributed by atoms with Gasteiger partial charge in [-0.2, -0.15) is 0 Å². The third-order valence-electron chi connectivity index (χ3n) is 3.32. The molecule has 21 heavy (non-hydrogen) atoms. The van der Waals surface area contributed by atoms with Gasteiger partial charge in [-0.1, -0.05) is 11.6 Å². The first kappa shape index (κ1) is 13.9. The van der Waals surface area contributed by atoms with Gasteiger partial charge in [-0.25, -0.2) is 14.3 Å². The van der Waals surface area contributed by atoms with E-state index in [1.54, 1.807) is 23.0 Å². The number of benzene rings is 1. The first-order chi connectivity index (χ1) is 9.89. The summed E-state index contributed by atoms with van der Waals surface area (Å²) in [6.07, 6.45) is 1.70. The minimum Gasteiger partial charge on any atom is -0.267 e. The average molecular weight is 302 g/mol. The van der Waals surface area contributed by atoms with Crippen molar-refractivity contribution in [2.45, 2.75) is 26.3 Å². The maximum Gasteiger partial charge on any atom is 0.277 e. The molecule has 4 nitrogen and oxygen atoms in total. The molecule has 0 aliphatic rings. The van der Waals surface area contributed by atoms with Crippen LogP contribution < -0.4 is 5.56 Å². The Bertz CT molecular complexity index is 854. The van der Waals surface area contributed by atoms with Crippen LogP contribution in [0.2, 0.25) is 5.02 Å². The quantitative estimate of drug-likeness (QED) is 0.689. The fraction of sp³-hybridized carbons (Fsp3) is 0.250. The number of aromatic nitrogens is 3. The summed E-state index contributed by atoms with van der Waals surface area (Å²) in [6.45, 7) is 6.00. The normalized spacial score (nSPS) is 12.0. The van der Waals surface area contributed by atoms with Crippen LogP contribution in [0, 0.1) is 0 Å². The molecular weight excluding hydrogens is 286 g/mol. The van der Waals surface area contributed by atoms with Crippen molar-refractivity contribution in [3.63, 3.8) is 0 Å². The number of fused-ring (bicyclic) bond motifs is 1. The predicted molar refractivity (Wildman–Crippen MR) is 85.3 cm³/mol. The lowest BCUT2D eigenvalue weighted by Crippen LogP contribution is -2.36. The molecule has 0 N–H and O–H groups in total. The molecule has 0 atom stereocenters. The lowest BCUT2D eigenvalue weighted by Gasteiger charge is -2.24. The summed E-state index contributed by atoms with van der Waals surface area (Å²) in [5.41, 5.74) is 1.11. The Labute approximate surface area is 127 Å². The molecule has 0 spiro atoms. The highest BCUT2D eigenvalue weighted by Crippen LogP contribution is 2.22. The van der Waals surface area contributed by atoms with Crippen molar-refractivity contribution in [3.05, 3.63) is 58.0 Å². The van der Waals surface area contributed by atoms with Gasteiger partial charge in [0.1, 0.15) is 0 Å². The minimum absolute atomic E-state index is 0.0412. The van der Waals surface area contributed by atoms with E-state index in [-0.39, 0.29) is 11.1 Å². The van der Waals surface area contributed by atoms with Crippen molar-refractivity contribution in [2.75, 3.05) is 0 Å². The molecule has 0 saturated heterocycles. The summed E-state index contributed by atoms with van der Waals surface area (Å²) in [5, 5.41) is 1.27. The number of nitrogens with zero attached hydrogens (tertiary/aromatic N) is 3. The second kappa shape index (κ2) is 4.74. The van der Waals surface area contributed by atoms with Crippen molar-refractivity contribution in [2.24, 2.45) is 0 Å². The standard InChI is InChI=1S/C16H16ClN3O/c1-16(2,3)20-15(21)13-5-4-10-18-14(13)19(20)12-8-6-11(17)7-9-12/h4-10H,1-3H3. The van der Waals surface area contributed by atoms with E-state index in [4.69, 9.17) is 11.6 Å². The molecule has 0 fully saturated rings. The van der Waals surface area contributed by atoms with Gasteiger partial charge in [0.25, 0.3) is 5.56 Å². The number of pyridine rings is 1. The lowest BCUT2D eigenvalue weighted by molar-refractivity contribution is 0.323. The lowest BCUT2D eigenvalue weighted by atomic mass is 10.1. The maximum atomic E-state index is 12.7. The smallest absolute Gasteiger partial charge is 0.267 e. The van der Waals surface area contributed by atoms with Gasteiger partial charge < -0.3 is 0 Å². The van der Waals surface area contributed by atoms with Crippen molar-refractivity contribution >= 4 is 22.6 Å². The van der Waals surface area contributed by atoms with Gasteiger partial charge in [0.2, 0.25) is 0 Å². The highest BCUT2D eigenvalue weighted by molar-refractivity contribution is 6.30. The van der Waals surface area contributed by atoms with E-state index in [1.807, 2.05) is 49.7 Å². The fourth-order valence-corrected chi connectivity index (χ4v) is 2.58. The van der Waals surface area contributed by atoms with Crippen LogP contribution in [0.1, 0.15) is 20.8 Å². The van der Waals surface area contributed by atoms with Gasteiger partial charge in [-0.05, 0) is 57.2 Å². The Balaban J connectivity index is 2.45. The number of halogens is 1. The molecule has 3 rings (SSSR count). The van der Waals surface area contributed by atoms with Gasteiger partial charge in [0.15, 0.2) is 5.65 Å². The summed E-state index contributed by atoms with van der Waals surface area (Å²) in [4.78, 5) is 17.1. The molecule has 0 saturated carbocycles. The Kier molecular flexibility index (Phi) is 3.14. The predicted octanol–water partition coefficient (Wildman–Crippen LogP) is 3.60. The van der Waals surface area contributed by atoms with Crippen LogP contribution in [0.25, 0.3) is 16.7 Å². The summed E-state index contributed by atoms with van der Waals surface area (Å²) in [7, 11) is 0. The molecule has 0 aliphatic carbocycles. The Morgan fingerprint density at radius 3 is 2.38 bits per heavy atom. The highest BCUT2D eigenvalue weighted by Gasteiger charge is 2.24. The summed E-state index contributed by atoms with van der Waals surface area (Å²) >= 11 is 5.96. The molecule has 0 aliphatic heterocycles. The first-order valence-electron chi connectivity index (χ1n) is 6.75. The van der Waals surface area contributed by atoms with Crippen molar-refractivity contribution in [1.29, 1.82) is 0 Å². The fourth-order valence-electron chi connectivity index (χ4n) is 2.46. The monoisotopic (exact) mass is 301 g/mol. The number of hydrogen-bond acceptors (Lipinski definition) is 2. The molecular formula is C16H16ClN3O. The van der Waals surface area contributed by atoms with Crippen LogP contribution >= 0.6 is 11.6 Å². The number of rotatable bonds is 1. The van der Waals surface area contributed by atoms with E-state index < -0.39 is 0 Å². The molecule has 2 aromatic heterocycles. The summed E-state index contributed by atoms with van der Waals surface area (Å²) in [5.74, 6) is 0. The Hall–Kier alpha value is -2.07. The van der Waals surface area contributed by atoms with E-state index in [0.717, 1.165) is 5.69 Å². The molecule has 0 amide bonds. The van der Waals surface area contributed by atoms with Crippen LogP contribution in [-0.2, 0) is 5.54 Å². The van der Waals surface area contributed by atoms with Gasteiger partial charge in [0, 0.05) is 11.2 Å². The average Bonchev–Trinajstić information content (AvgIpc) is 2.74. The largest absolute Gasteiger partial charge is 0.277 e. The van der Waals surface area contributed by atoms with Crippen LogP contribution in [-0.4, -0.2) is 14.3 Å². The molecule has 3 aromatic rings. The van der Waals surface area contributed by atoms with E-state index in [2.05, 4.69) is 4.98 Å².